The third-order valence-electron chi connectivity index (χ3n) is 6.70. The smallest absolute Gasteiger partial charge is 0.334 e. The fraction of sp³-hybridized carbons (Fsp3) is 0.429. The predicted octanol–water partition coefficient (Wildman–Crippen LogP) is 2.11. The number of benzene rings is 1. The number of nitrogens with two attached hydrogens (primary N) is 1. The van der Waals surface area contributed by atoms with Gasteiger partial charge in [-0.15, -0.1) is 0 Å². The van der Waals surface area contributed by atoms with Gasteiger partial charge >= 0.3 is 5.69 Å². The van der Waals surface area contributed by atoms with E-state index in [1.807, 2.05) is 6.92 Å². The maximum atomic E-state index is 13.0. The number of hydrogen-bond acceptors (Lipinski definition) is 7. The molecular formula is C21H22Cl2N6O3. The Hall–Kier alpha value is -2.46. The molecule has 11 heteroatoms. The largest absolute Gasteiger partial charge is 0.376 e. The van der Waals surface area contributed by atoms with Crippen molar-refractivity contribution >= 4 is 40.2 Å². The molecule has 2 fully saturated rings. The lowest BCUT2D eigenvalue weighted by molar-refractivity contribution is 0.0974. The Morgan fingerprint density at radius 2 is 2.00 bits per heavy atom. The minimum Gasteiger partial charge on any atom is -0.376 e. The maximum Gasteiger partial charge on any atom is 0.334 e. The van der Waals surface area contributed by atoms with Gasteiger partial charge < -0.3 is 15.4 Å². The molecule has 0 saturated carbocycles. The molecule has 0 radical (unpaired) electrons. The second-order valence-electron chi connectivity index (χ2n) is 8.46. The first kappa shape index (κ1) is 21.4. The molecule has 4 heterocycles. The van der Waals surface area contributed by atoms with Gasteiger partial charge in [0.1, 0.15) is 5.82 Å². The molecule has 2 aliphatic heterocycles. The third kappa shape index (κ3) is 3.31. The van der Waals surface area contributed by atoms with E-state index in [4.69, 9.17) is 33.7 Å². The lowest BCUT2D eigenvalue weighted by Crippen LogP contribution is -2.50. The van der Waals surface area contributed by atoms with Crippen LogP contribution in [0.15, 0.2) is 34.0 Å². The standard InChI is InChI=1S/C21H22Cl2N6O3/c1-11-17(24)21(10-32-11)5-7-28(8-6-21)14-9-25-16-18(26-14)27-20(31)29(19(16)30)13-4-2-3-12(22)15(13)23/h2-4,9,11,17H,5-8,10,24H2,1H3,(H,26,27,31)/t11-,17+/m0/s1. The quantitative estimate of drug-likeness (QED) is 0.580. The van der Waals surface area contributed by atoms with Crippen LogP contribution in [0.2, 0.25) is 10.0 Å². The molecule has 9 nitrogen and oxygen atoms in total. The summed E-state index contributed by atoms with van der Waals surface area (Å²) in [4.78, 5) is 39.3. The average Bonchev–Trinajstić information content (AvgIpc) is 3.05. The predicted molar refractivity (Wildman–Crippen MR) is 123 cm³/mol. The summed E-state index contributed by atoms with van der Waals surface area (Å²) in [5.41, 5.74) is 5.45. The van der Waals surface area contributed by atoms with Crippen molar-refractivity contribution in [3.05, 3.63) is 55.3 Å². The lowest BCUT2D eigenvalue weighted by atomic mass is 9.73. The molecule has 1 aromatic carbocycles. The Labute approximate surface area is 193 Å². The Kier molecular flexibility index (Phi) is 5.24. The van der Waals surface area contributed by atoms with Gasteiger partial charge in [-0.3, -0.25) is 9.78 Å². The number of rotatable bonds is 2. The van der Waals surface area contributed by atoms with Gasteiger partial charge in [-0.05, 0) is 31.9 Å². The molecule has 3 aromatic rings. The zero-order valence-electron chi connectivity index (χ0n) is 17.3. The van der Waals surface area contributed by atoms with Crippen molar-refractivity contribution in [2.24, 2.45) is 11.1 Å². The zero-order chi connectivity index (χ0) is 22.6. The number of piperidine rings is 1. The van der Waals surface area contributed by atoms with E-state index in [1.54, 1.807) is 24.4 Å². The number of H-pyrrole nitrogens is 1. The van der Waals surface area contributed by atoms with Crippen LogP contribution in [0.5, 0.6) is 0 Å². The number of aromatic nitrogens is 4. The first-order chi connectivity index (χ1) is 15.3. The Bertz CT molecular complexity index is 1320. The van der Waals surface area contributed by atoms with Crippen LogP contribution in [0.25, 0.3) is 16.9 Å². The Morgan fingerprint density at radius 1 is 1.25 bits per heavy atom. The van der Waals surface area contributed by atoms with Crippen LogP contribution >= 0.6 is 23.2 Å². The number of ether oxygens (including phenoxy) is 1. The molecular weight excluding hydrogens is 455 g/mol. The Morgan fingerprint density at radius 3 is 2.69 bits per heavy atom. The summed E-state index contributed by atoms with van der Waals surface area (Å²) in [5, 5.41) is 0.345. The van der Waals surface area contributed by atoms with Crippen molar-refractivity contribution in [1.29, 1.82) is 0 Å². The van der Waals surface area contributed by atoms with E-state index in [2.05, 4.69) is 19.9 Å². The molecule has 1 spiro atoms. The van der Waals surface area contributed by atoms with Crippen LogP contribution in [-0.4, -0.2) is 51.4 Å². The van der Waals surface area contributed by atoms with Crippen LogP contribution < -0.4 is 21.9 Å². The summed E-state index contributed by atoms with van der Waals surface area (Å²) in [6.07, 6.45) is 3.37. The Balaban J connectivity index is 1.48. The van der Waals surface area contributed by atoms with E-state index in [0.717, 1.165) is 30.5 Å². The number of anilines is 1. The summed E-state index contributed by atoms with van der Waals surface area (Å²) < 4.78 is 6.70. The molecule has 0 unspecified atom stereocenters. The summed E-state index contributed by atoms with van der Waals surface area (Å²) in [7, 11) is 0. The molecule has 2 saturated heterocycles. The van der Waals surface area contributed by atoms with Gasteiger partial charge in [0, 0.05) is 24.5 Å². The number of hydrogen-bond donors (Lipinski definition) is 2. The monoisotopic (exact) mass is 476 g/mol. The molecule has 2 atom stereocenters. The molecule has 168 valence electrons. The number of nitrogens with zero attached hydrogens (tertiary/aromatic N) is 4. The van der Waals surface area contributed by atoms with Crippen molar-refractivity contribution in [2.45, 2.75) is 31.9 Å². The number of halogens is 2. The number of nitrogens with one attached hydrogen (secondary N) is 1. The summed E-state index contributed by atoms with van der Waals surface area (Å²) in [6, 6.07) is 4.74. The number of fused-ring (bicyclic) bond motifs is 1. The van der Waals surface area contributed by atoms with Crippen molar-refractivity contribution in [2.75, 3.05) is 24.6 Å². The highest BCUT2D eigenvalue weighted by molar-refractivity contribution is 6.43. The summed E-state index contributed by atoms with van der Waals surface area (Å²) in [5.74, 6) is 0.599. The first-order valence-electron chi connectivity index (χ1n) is 10.4. The molecule has 0 aliphatic carbocycles. The molecule has 3 N–H and O–H groups in total. The topological polar surface area (TPSA) is 119 Å². The first-order valence-corrected chi connectivity index (χ1v) is 11.1. The van der Waals surface area contributed by atoms with Gasteiger partial charge in [-0.25, -0.2) is 19.3 Å². The summed E-state index contributed by atoms with van der Waals surface area (Å²) >= 11 is 12.3. The highest BCUT2D eigenvalue weighted by Crippen LogP contribution is 2.41. The summed E-state index contributed by atoms with van der Waals surface area (Å²) in [6.45, 7) is 4.17. The molecule has 5 rings (SSSR count). The van der Waals surface area contributed by atoms with Crippen molar-refractivity contribution in [3.63, 3.8) is 0 Å². The van der Waals surface area contributed by atoms with E-state index in [0.29, 0.717) is 12.4 Å². The average molecular weight is 477 g/mol. The van der Waals surface area contributed by atoms with Crippen LogP contribution in [-0.2, 0) is 4.74 Å². The van der Waals surface area contributed by atoms with Crippen LogP contribution in [0.1, 0.15) is 19.8 Å². The lowest BCUT2D eigenvalue weighted by Gasteiger charge is -2.41. The van der Waals surface area contributed by atoms with Crippen LogP contribution in [0.4, 0.5) is 5.82 Å². The normalized spacial score (nSPS) is 22.7. The number of aromatic amines is 1. The molecule has 0 amide bonds. The van der Waals surface area contributed by atoms with Gasteiger partial charge in [-0.2, -0.15) is 0 Å². The second kappa shape index (κ2) is 7.84. The van der Waals surface area contributed by atoms with E-state index in [9.17, 15) is 9.59 Å². The van der Waals surface area contributed by atoms with Crippen molar-refractivity contribution in [1.82, 2.24) is 19.5 Å². The third-order valence-corrected chi connectivity index (χ3v) is 7.50. The fourth-order valence-corrected chi connectivity index (χ4v) is 5.05. The minimum atomic E-state index is -0.668. The highest BCUT2D eigenvalue weighted by atomic mass is 35.5. The zero-order valence-corrected chi connectivity index (χ0v) is 18.9. The van der Waals surface area contributed by atoms with E-state index < -0.39 is 11.2 Å². The van der Waals surface area contributed by atoms with Gasteiger partial charge in [-0.1, -0.05) is 29.3 Å². The van der Waals surface area contributed by atoms with E-state index >= 15 is 0 Å². The second-order valence-corrected chi connectivity index (χ2v) is 9.25. The molecule has 32 heavy (non-hydrogen) atoms. The molecule has 2 aliphatic rings. The van der Waals surface area contributed by atoms with Gasteiger partial charge in [0.25, 0.3) is 5.56 Å². The van der Waals surface area contributed by atoms with Crippen molar-refractivity contribution in [3.8, 4) is 5.69 Å². The molecule has 0 bridgehead atoms. The van der Waals surface area contributed by atoms with Gasteiger partial charge in [0.15, 0.2) is 11.2 Å². The fourth-order valence-electron chi connectivity index (χ4n) is 4.67. The van der Waals surface area contributed by atoms with Gasteiger partial charge in [0.05, 0.1) is 34.6 Å². The van der Waals surface area contributed by atoms with Crippen molar-refractivity contribution < 1.29 is 4.74 Å². The molecule has 2 aromatic heterocycles. The van der Waals surface area contributed by atoms with Gasteiger partial charge in [0.2, 0.25) is 0 Å². The maximum absolute atomic E-state index is 13.0. The van der Waals surface area contributed by atoms with E-state index in [1.165, 1.54) is 0 Å². The SMILES string of the molecule is C[C@@H]1OCC2(CCN(c3cnc4c(=O)n(-c5cccc(Cl)c5Cl)c(=O)[nH]c4n3)CC2)[C@@H]1N. The minimum absolute atomic E-state index is 0.0143. The highest BCUT2D eigenvalue weighted by Gasteiger charge is 2.47. The van der Waals surface area contributed by atoms with Crippen LogP contribution in [0.3, 0.4) is 0 Å². The van der Waals surface area contributed by atoms with Crippen LogP contribution in [0, 0.1) is 5.41 Å². The van der Waals surface area contributed by atoms with E-state index in [-0.39, 0.29) is 44.5 Å².